The number of hydrogen-bond donors (Lipinski definition) is 0. The molecule has 0 amide bonds. The van der Waals surface area contributed by atoms with Crippen LogP contribution in [-0.2, 0) is 21.6 Å². The zero-order chi connectivity index (χ0) is 26.3. The molecule has 6 heteroatoms. The van der Waals surface area contributed by atoms with Crippen LogP contribution in [-0.4, -0.2) is 22.6 Å². The van der Waals surface area contributed by atoms with Gasteiger partial charge in [-0.05, 0) is 25.0 Å². The lowest BCUT2D eigenvalue weighted by atomic mass is 9.97. The lowest BCUT2D eigenvalue weighted by molar-refractivity contribution is -0.384. The van der Waals surface area contributed by atoms with E-state index in [1.165, 1.54) is 12.1 Å². The Balaban J connectivity index is 1.74. The van der Waals surface area contributed by atoms with Gasteiger partial charge in [0.25, 0.3) is 5.69 Å². The summed E-state index contributed by atoms with van der Waals surface area (Å²) in [4.78, 5) is 29.3. The quantitative estimate of drug-likeness (QED) is 0.115. The molecule has 0 radical (unpaired) electrons. The van der Waals surface area contributed by atoms with Crippen LogP contribution in [0.5, 0.6) is 0 Å². The van der Waals surface area contributed by atoms with Crippen molar-refractivity contribution in [3.05, 3.63) is 148 Å². The molecule has 4 aromatic rings. The van der Waals surface area contributed by atoms with Gasteiger partial charge in [-0.1, -0.05) is 103 Å². The van der Waals surface area contributed by atoms with Crippen molar-refractivity contribution in [2.75, 3.05) is 0 Å². The van der Waals surface area contributed by atoms with E-state index in [1.807, 2.05) is 105 Å². The van der Waals surface area contributed by atoms with E-state index in [0.29, 0.717) is 5.71 Å². The number of aliphatic imine (C=N–C) groups is 1. The lowest BCUT2D eigenvalue weighted by Gasteiger charge is -2.27. The molecule has 4 aromatic carbocycles. The second-order valence-corrected chi connectivity index (χ2v) is 9.15. The Morgan fingerprint density at radius 3 is 1.78 bits per heavy atom. The van der Waals surface area contributed by atoms with Gasteiger partial charge in [0, 0.05) is 29.7 Å². The molecule has 0 spiro atoms. The molecule has 186 valence electrons. The summed E-state index contributed by atoms with van der Waals surface area (Å²) in [5.74, 6) is -0.475. The molecule has 0 aromatic heterocycles. The van der Waals surface area contributed by atoms with E-state index in [2.05, 4.69) is 0 Å². The Kier molecular flexibility index (Phi) is 7.89. The van der Waals surface area contributed by atoms with Crippen molar-refractivity contribution in [2.24, 2.45) is 4.99 Å². The van der Waals surface area contributed by atoms with Gasteiger partial charge in [0.1, 0.15) is 5.60 Å². The highest BCUT2D eigenvalue weighted by Crippen LogP contribution is 2.26. The van der Waals surface area contributed by atoms with Crippen molar-refractivity contribution in [1.82, 2.24) is 0 Å². The molecule has 0 fully saturated rings. The maximum Gasteiger partial charge on any atom is 0.332 e. The van der Waals surface area contributed by atoms with Crippen LogP contribution in [0.15, 0.2) is 120 Å². The number of nitro benzene ring substituents is 1. The van der Waals surface area contributed by atoms with Crippen LogP contribution in [0.25, 0.3) is 0 Å². The molecular formula is C31H28N2O4. The standard InChI is InChI=1S/C31H28N2O4/c1-31(2,26-16-10-5-11-17-26)37-30(34)28(22-23-18-20-27(21-19-23)33(35)36)32-29(24-12-6-3-7-13-24)25-14-8-4-9-15-25/h3-21,28H,22H2,1-2H3/t28-/m1/s1. The summed E-state index contributed by atoms with van der Waals surface area (Å²) in [6.07, 6.45) is 0.227. The Hall–Kier alpha value is -4.58. The summed E-state index contributed by atoms with van der Waals surface area (Å²) in [5.41, 5.74) is 3.15. The number of rotatable bonds is 9. The zero-order valence-electron chi connectivity index (χ0n) is 20.8. The van der Waals surface area contributed by atoms with Crippen molar-refractivity contribution in [3.8, 4) is 0 Å². The normalized spacial score (nSPS) is 11.8. The topological polar surface area (TPSA) is 81.8 Å². The molecule has 0 aliphatic carbocycles. The van der Waals surface area contributed by atoms with Crippen molar-refractivity contribution < 1.29 is 14.5 Å². The van der Waals surface area contributed by atoms with Crippen LogP contribution in [0.4, 0.5) is 5.69 Å². The minimum absolute atomic E-state index is 0.00847. The van der Waals surface area contributed by atoms with E-state index in [9.17, 15) is 14.9 Å². The number of esters is 1. The summed E-state index contributed by atoms with van der Waals surface area (Å²) in [7, 11) is 0. The molecule has 37 heavy (non-hydrogen) atoms. The number of carbonyl (C=O) groups is 1. The van der Waals surface area contributed by atoms with Crippen LogP contribution in [0.1, 0.15) is 36.1 Å². The van der Waals surface area contributed by atoms with Crippen LogP contribution in [0, 0.1) is 10.1 Å². The van der Waals surface area contributed by atoms with Gasteiger partial charge in [-0.2, -0.15) is 0 Å². The molecule has 4 rings (SSSR count). The number of benzene rings is 4. The van der Waals surface area contributed by atoms with Crippen molar-refractivity contribution in [1.29, 1.82) is 0 Å². The van der Waals surface area contributed by atoms with Crippen molar-refractivity contribution in [2.45, 2.75) is 31.9 Å². The molecule has 0 bridgehead atoms. The van der Waals surface area contributed by atoms with Gasteiger partial charge in [-0.25, -0.2) is 4.79 Å². The molecule has 0 N–H and O–H groups in total. The predicted molar refractivity (Wildman–Crippen MR) is 145 cm³/mol. The number of hydrogen-bond acceptors (Lipinski definition) is 5. The number of ether oxygens (including phenoxy) is 1. The van der Waals surface area contributed by atoms with Crippen LogP contribution < -0.4 is 0 Å². The Morgan fingerprint density at radius 2 is 1.30 bits per heavy atom. The number of nitrogens with zero attached hydrogens (tertiary/aromatic N) is 2. The van der Waals surface area contributed by atoms with E-state index in [1.54, 1.807) is 12.1 Å². The third-order valence-corrected chi connectivity index (χ3v) is 6.05. The first-order valence-electron chi connectivity index (χ1n) is 12.0. The molecule has 0 aliphatic rings. The van der Waals surface area contributed by atoms with Gasteiger partial charge >= 0.3 is 5.97 Å². The largest absolute Gasteiger partial charge is 0.453 e. The van der Waals surface area contributed by atoms with Crippen molar-refractivity contribution >= 4 is 17.4 Å². The maximum absolute atomic E-state index is 13.7. The molecule has 6 nitrogen and oxygen atoms in total. The highest BCUT2D eigenvalue weighted by molar-refractivity contribution is 6.13. The number of non-ortho nitro benzene ring substituents is 1. The monoisotopic (exact) mass is 492 g/mol. The maximum atomic E-state index is 13.7. The molecule has 1 atom stereocenters. The third-order valence-electron chi connectivity index (χ3n) is 6.05. The van der Waals surface area contributed by atoms with Crippen molar-refractivity contribution in [3.63, 3.8) is 0 Å². The highest BCUT2D eigenvalue weighted by atomic mass is 16.6. The Morgan fingerprint density at radius 1 is 0.811 bits per heavy atom. The molecule has 0 aliphatic heterocycles. The fourth-order valence-electron chi connectivity index (χ4n) is 4.04. The SMILES string of the molecule is CC(C)(OC(=O)[C@@H](Cc1ccc([N+](=O)[O-])cc1)N=C(c1ccccc1)c1ccccc1)c1ccccc1. The second kappa shape index (κ2) is 11.4. The molecule has 0 saturated carbocycles. The first kappa shape index (κ1) is 25.5. The zero-order valence-corrected chi connectivity index (χ0v) is 20.8. The predicted octanol–water partition coefficient (Wildman–Crippen LogP) is 6.52. The second-order valence-electron chi connectivity index (χ2n) is 9.15. The van der Waals surface area contributed by atoms with Gasteiger partial charge in [-0.3, -0.25) is 15.1 Å². The van der Waals surface area contributed by atoms with Gasteiger partial charge in [0.05, 0.1) is 10.6 Å². The molecule has 0 unspecified atom stereocenters. The van der Waals surface area contributed by atoms with Crippen LogP contribution in [0.2, 0.25) is 0 Å². The minimum Gasteiger partial charge on any atom is -0.453 e. The molecular weight excluding hydrogens is 464 g/mol. The van der Waals surface area contributed by atoms with E-state index in [-0.39, 0.29) is 12.1 Å². The van der Waals surface area contributed by atoms with Gasteiger partial charge in [0.2, 0.25) is 0 Å². The van der Waals surface area contributed by atoms with Gasteiger partial charge < -0.3 is 4.74 Å². The summed E-state index contributed by atoms with van der Waals surface area (Å²) in [5, 5.41) is 11.1. The van der Waals surface area contributed by atoms with Crippen LogP contribution in [0.3, 0.4) is 0 Å². The fraction of sp³-hybridized carbons (Fsp3) is 0.161. The van der Waals surface area contributed by atoms with Gasteiger partial charge in [-0.15, -0.1) is 0 Å². The highest BCUT2D eigenvalue weighted by Gasteiger charge is 2.30. The Bertz CT molecular complexity index is 1330. The summed E-state index contributed by atoms with van der Waals surface area (Å²) in [6.45, 7) is 3.70. The fourth-order valence-corrected chi connectivity index (χ4v) is 4.04. The number of nitro groups is 1. The van der Waals surface area contributed by atoms with E-state index in [4.69, 9.17) is 9.73 Å². The van der Waals surface area contributed by atoms with E-state index < -0.39 is 22.5 Å². The smallest absolute Gasteiger partial charge is 0.332 e. The minimum atomic E-state index is -0.875. The first-order valence-corrected chi connectivity index (χ1v) is 12.0. The first-order chi connectivity index (χ1) is 17.8. The van der Waals surface area contributed by atoms with Gasteiger partial charge in [0.15, 0.2) is 6.04 Å². The van der Waals surface area contributed by atoms with E-state index in [0.717, 1.165) is 22.3 Å². The average Bonchev–Trinajstić information content (AvgIpc) is 2.92. The summed E-state index contributed by atoms with van der Waals surface area (Å²) in [6, 6.07) is 34.2. The summed E-state index contributed by atoms with van der Waals surface area (Å²) < 4.78 is 6.04. The molecule has 0 heterocycles. The number of carbonyl (C=O) groups excluding carboxylic acids is 1. The Labute approximate surface area is 216 Å². The average molecular weight is 493 g/mol. The third kappa shape index (κ3) is 6.55. The lowest BCUT2D eigenvalue weighted by Crippen LogP contribution is -2.33. The van der Waals surface area contributed by atoms with Crippen LogP contribution >= 0.6 is 0 Å². The van der Waals surface area contributed by atoms with E-state index >= 15 is 0 Å². The summed E-state index contributed by atoms with van der Waals surface area (Å²) >= 11 is 0. The molecule has 0 saturated heterocycles.